The number of aliphatic hydroxyl groups excluding tert-OH is 1. The van der Waals surface area contributed by atoms with Crippen LogP contribution < -0.4 is 11.4 Å². The molecule has 0 aliphatic carbocycles. The second kappa shape index (κ2) is 4.96. The molecule has 0 saturated carbocycles. The Hall–Kier alpha value is -1.78. The van der Waals surface area contributed by atoms with E-state index in [4.69, 9.17) is 10.8 Å². The minimum atomic E-state index is -5.85. The Labute approximate surface area is 107 Å². The molecule has 0 bridgehead atoms. The highest BCUT2D eigenvalue weighted by Gasteiger charge is 2.71. The second-order valence-corrected chi connectivity index (χ2v) is 3.90. The molecule has 0 aromatic carbocycles. The molecule has 0 unspecified atom stereocenters. The first kappa shape index (κ1) is 16.3. The number of nitrogen functional groups attached to an aromatic ring is 1. The number of nitrogens with two attached hydrogens (primary N) is 1. The standard InChI is InChI=1S/C9H9F6N3O2/c10-7(11,9(14,15)8(12,13)4-19)3-18-2-1-5(16)17-6(18)20/h1-2,19H,3-4H2,(H2,16,17,20). The third kappa shape index (κ3) is 2.71. The summed E-state index contributed by atoms with van der Waals surface area (Å²) in [4.78, 5) is 14.1. The number of nitrogens with zero attached hydrogens (tertiary/aromatic N) is 2. The van der Waals surface area contributed by atoms with Crippen molar-refractivity contribution in [3.8, 4) is 0 Å². The number of alkyl halides is 6. The third-order valence-electron chi connectivity index (χ3n) is 2.38. The molecule has 20 heavy (non-hydrogen) atoms. The average Bonchev–Trinajstić information content (AvgIpc) is 2.32. The number of aromatic nitrogens is 2. The van der Waals surface area contributed by atoms with Crippen molar-refractivity contribution < 1.29 is 31.4 Å². The van der Waals surface area contributed by atoms with E-state index < -0.39 is 36.6 Å². The summed E-state index contributed by atoms with van der Waals surface area (Å²) in [6.07, 6.45) is 0.617. The van der Waals surface area contributed by atoms with Crippen LogP contribution >= 0.6 is 0 Å². The summed E-state index contributed by atoms with van der Waals surface area (Å²) in [6.45, 7) is -4.51. The molecule has 5 nitrogen and oxygen atoms in total. The van der Waals surface area contributed by atoms with Gasteiger partial charge >= 0.3 is 23.5 Å². The molecule has 0 fully saturated rings. The van der Waals surface area contributed by atoms with Gasteiger partial charge in [-0.25, -0.2) is 4.79 Å². The fraction of sp³-hybridized carbons (Fsp3) is 0.556. The lowest BCUT2D eigenvalue weighted by Gasteiger charge is -2.31. The van der Waals surface area contributed by atoms with Crippen molar-refractivity contribution >= 4 is 5.82 Å². The number of rotatable bonds is 5. The van der Waals surface area contributed by atoms with Gasteiger partial charge in [0.25, 0.3) is 0 Å². The van der Waals surface area contributed by atoms with Gasteiger partial charge in [-0.05, 0) is 6.07 Å². The van der Waals surface area contributed by atoms with E-state index in [2.05, 4.69) is 4.98 Å². The van der Waals surface area contributed by atoms with Crippen LogP contribution in [0, 0.1) is 0 Å². The number of hydrogen-bond donors (Lipinski definition) is 2. The van der Waals surface area contributed by atoms with Crippen molar-refractivity contribution in [2.45, 2.75) is 24.3 Å². The summed E-state index contributed by atoms with van der Waals surface area (Å²) in [5.41, 5.74) is 3.66. The van der Waals surface area contributed by atoms with Crippen molar-refractivity contribution in [3.63, 3.8) is 0 Å². The molecule has 3 N–H and O–H groups in total. The molecular weight excluding hydrogens is 296 g/mol. The van der Waals surface area contributed by atoms with Crippen LogP contribution in [0.4, 0.5) is 32.2 Å². The molecule has 1 aromatic rings. The van der Waals surface area contributed by atoms with Crippen LogP contribution in [0.15, 0.2) is 17.1 Å². The van der Waals surface area contributed by atoms with Gasteiger partial charge < -0.3 is 10.8 Å². The van der Waals surface area contributed by atoms with Crippen molar-refractivity contribution in [2.75, 3.05) is 12.3 Å². The van der Waals surface area contributed by atoms with Crippen LogP contribution in [0.5, 0.6) is 0 Å². The van der Waals surface area contributed by atoms with Gasteiger partial charge in [-0.2, -0.15) is 31.3 Å². The minimum Gasteiger partial charge on any atom is -0.390 e. The van der Waals surface area contributed by atoms with E-state index in [0.717, 1.165) is 6.07 Å². The van der Waals surface area contributed by atoms with Gasteiger partial charge in [-0.1, -0.05) is 0 Å². The van der Waals surface area contributed by atoms with Gasteiger partial charge in [0.05, 0.1) is 6.54 Å². The molecule has 0 aliphatic rings. The van der Waals surface area contributed by atoms with E-state index in [0.29, 0.717) is 6.20 Å². The lowest BCUT2D eigenvalue weighted by atomic mass is 10.1. The molecule has 0 radical (unpaired) electrons. The summed E-state index contributed by atoms with van der Waals surface area (Å²) in [5, 5.41) is 8.09. The first-order valence-corrected chi connectivity index (χ1v) is 5.02. The van der Waals surface area contributed by atoms with E-state index >= 15 is 0 Å². The van der Waals surface area contributed by atoms with Crippen LogP contribution in [0.3, 0.4) is 0 Å². The molecule has 1 rings (SSSR count). The van der Waals surface area contributed by atoms with Crippen molar-refractivity contribution in [2.24, 2.45) is 0 Å². The molecule has 0 spiro atoms. The van der Waals surface area contributed by atoms with Crippen LogP contribution in [0.2, 0.25) is 0 Å². The average molecular weight is 305 g/mol. The van der Waals surface area contributed by atoms with E-state index in [1.807, 2.05) is 0 Å². The Bertz CT molecular complexity index is 545. The summed E-state index contributed by atoms with van der Waals surface area (Å²) in [7, 11) is 0. The third-order valence-corrected chi connectivity index (χ3v) is 2.38. The smallest absolute Gasteiger partial charge is 0.376 e. The number of anilines is 1. The van der Waals surface area contributed by atoms with Crippen molar-refractivity contribution in [1.82, 2.24) is 9.55 Å². The zero-order valence-electron chi connectivity index (χ0n) is 9.66. The molecule has 0 atom stereocenters. The zero-order chi connectivity index (χ0) is 15.8. The van der Waals surface area contributed by atoms with Crippen LogP contribution in [0.1, 0.15) is 0 Å². The Morgan fingerprint density at radius 2 is 1.75 bits per heavy atom. The van der Waals surface area contributed by atoms with Gasteiger partial charge in [0.15, 0.2) is 0 Å². The molecular formula is C9H9F6N3O2. The maximum atomic E-state index is 13.3. The molecule has 114 valence electrons. The Morgan fingerprint density at radius 1 is 1.20 bits per heavy atom. The van der Waals surface area contributed by atoms with Gasteiger partial charge in [0.2, 0.25) is 0 Å². The van der Waals surface area contributed by atoms with E-state index in [1.54, 1.807) is 0 Å². The second-order valence-electron chi connectivity index (χ2n) is 3.90. The Morgan fingerprint density at radius 3 is 2.20 bits per heavy atom. The lowest BCUT2D eigenvalue weighted by molar-refractivity contribution is -0.320. The Kier molecular flexibility index (Phi) is 4.04. The van der Waals surface area contributed by atoms with Gasteiger partial charge in [0.1, 0.15) is 12.4 Å². The predicted octanol–water partition coefficient (Wildman–Crippen LogP) is 0.724. The van der Waals surface area contributed by atoms with Gasteiger partial charge in [-0.15, -0.1) is 0 Å². The highest BCUT2D eigenvalue weighted by atomic mass is 19.3. The quantitative estimate of drug-likeness (QED) is 0.786. The summed E-state index contributed by atoms with van der Waals surface area (Å²) < 4.78 is 78.1. The van der Waals surface area contributed by atoms with Gasteiger partial charge in [0, 0.05) is 6.20 Å². The fourth-order valence-electron chi connectivity index (χ4n) is 1.24. The highest BCUT2D eigenvalue weighted by Crippen LogP contribution is 2.46. The number of halogens is 6. The van der Waals surface area contributed by atoms with Crippen molar-refractivity contribution in [3.05, 3.63) is 22.7 Å². The maximum absolute atomic E-state index is 13.3. The predicted molar refractivity (Wildman–Crippen MR) is 54.8 cm³/mol. The zero-order valence-corrected chi connectivity index (χ0v) is 9.66. The number of hydrogen-bond acceptors (Lipinski definition) is 4. The van der Waals surface area contributed by atoms with Crippen LogP contribution in [0.25, 0.3) is 0 Å². The SMILES string of the molecule is Nc1ccn(CC(F)(F)C(F)(F)C(F)(F)CO)c(=O)n1. The topological polar surface area (TPSA) is 81.1 Å². The van der Waals surface area contributed by atoms with Crippen LogP contribution in [-0.4, -0.2) is 39.0 Å². The largest absolute Gasteiger partial charge is 0.390 e. The molecule has 0 saturated heterocycles. The molecule has 1 heterocycles. The summed E-state index contributed by atoms with van der Waals surface area (Å²) in [6, 6.07) is 0.861. The minimum absolute atomic E-state index is 0.0116. The van der Waals surface area contributed by atoms with Gasteiger partial charge in [-0.3, -0.25) is 4.57 Å². The van der Waals surface area contributed by atoms with Crippen LogP contribution in [-0.2, 0) is 6.54 Å². The molecule has 0 amide bonds. The van der Waals surface area contributed by atoms with E-state index in [1.165, 1.54) is 0 Å². The summed E-state index contributed by atoms with van der Waals surface area (Å²) in [5.74, 6) is -16.8. The summed E-state index contributed by atoms with van der Waals surface area (Å²) >= 11 is 0. The first-order valence-electron chi connectivity index (χ1n) is 5.02. The maximum Gasteiger partial charge on any atom is 0.376 e. The normalized spacial score (nSPS) is 13.6. The fourth-order valence-corrected chi connectivity index (χ4v) is 1.24. The molecule has 11 heteroatoms. The molecule has 1 aromatic heterocycles. The Balaban J connectivity index is 3.14. The monoisotopic (exact) mass is 305 g/mol. The van der Waals surface area contributed by atoms with E-state index in [-0.39, 0.29) is 10.4 Å². The lowest BCUT2D eigenvalue weighted by Crippen LogP contribution is -2.58. The highest BCUT2D eigenvalue weighted by molar-refractivity contribution is 5.23. The molecule has 0 aliphatic heterocycles. The van der Waals surface area contributed by atoms with Crippen molar-refractivity contribution in [1.29, 1.82) is 0 Å². The van der Waals surface area contributed by atoms with E-state index in [9.17, 15) is 31.1 Å². The first-order chi connectivity index (χ1) is 8.94. The number of aliphatic hydroxyl groups is 1.